The molecule has 0 radical (unpaired) electrons. The van der Waals surface area contributed by atoms with E-state index in [9.17, 15) is 0 Å². The van der Waals surface area contributed by atoms with E-state index < -0.39 is 0 Å². The normalized spacial score (nSPS) is 18.3. The summed E-state index contributed by atoms with van der Waals surface area (Å²) in [6.45, 7) is 10.2. The van der Waals surface area contributed by atoms with Crippen molar-refractivity contribution in [3.05, 3.63) is 35.9 Å². The van der Waals surface area contributed by atoms with E-state index in [0.717, 1.165) is 13.1 Å². The van der Waals surface area contributed by atoms with Gasteiger partial charge in [-0.1, -0.05) is 43.2 Å². The summed E-state index contributed by atoms with van der Waals surface area (Å²) in [5, 5.41) is 3.75. The van der Waals surface area contributed by atoms with Crippen LogP contribution in [0.25, 0.3) is 0 Å². The van der Waals surface area contributed by atoms with Gasteiger partial charge in [0.2, 0.25) is 0 Å². The molecular formula is C19H32N2. The molecule has 21 heavy (non-hydrogen) atoms. The van der Waals surface area contributed by atoms with Gasteiger partial charge in [0.25, 0.3) is 0 Å². The van der Waals surface area contributed by atoms with Gasteiger partial charge in [0.15, 0.2) is 0 Å². The summed E-state index contributed by atoms with van der Waals surface area (Å²) in [6.07, 6.45) is 5.53. The first kappa shape index (κ1) is 16.5. The van der Waals surface area contributed by atoms with Gasteiger partial charge < -0.3 is 10.2 Å². The fraction of sp³-hybridized carbons (Fsp3) is 0.684. The van der Waals surface area contributed by atoms with Gasteiger partial charge in [-0.05, 0) is 51.6 Å². The Balaban J connectivity index is 1.92. The van der Waals surface area contributed by atoms with Crippen LogP contribution in [-0.4, -0.2) is 30.6 Å². The highest BCUT2D eigenvalue weighted by Gasteiger charge is 2.35. The summed E-state index contributed by atoms with van der Waals surface area (Å²) in [4.78, 5) is 2.50. The van der Waals surface area contributed by atoms with Gasteiger partial charge >= 0.3 is 0 Å². The molecule has 0 saturated heterocycles. The number of benzene rings is 1. The number of nitrogens with one attached hydrogen (secondary N) is 1. The zero-order valence-electron chi connectivity index (χ0n) is 14.3. The maximum atomic E-state index is 3.75. The van der Waals surface area contributed by atoms with Crippen molar-refractivity contribution in [2.24, 2.45) is 5.41 Å². The lowest BCUT2D eigenvalue weighted by atomic mass is 9.84. The predicted molar refractivity (Wildman–Crippen MR) is 91.4 cm³/mol. The molecule has 1 saturated carbocycles. The van der Waals surface area contributed by atoms with Crippen molar-refractivity contribution in [1.82, 2.24) is 10.2 Å². The number of rotatable bonds is 6. The molecule has 1 aliphatic rings. The molecule has 1 fully saturated rings. The van der Waals surface area contributed by atoms with E-state index in [4.69, 9.17) is 0 Å². The fourth-order valence-corrected chi connectivity index (χ4v) is 3.49. The predicted octanol–water partition coefficient (Wildman–Crippen LogP) is 4.07. The van der Waals surface area contributed by atoms with Crippen molar-refractivity contribution in [1.29, 1.82) is 0 Å². The molecule has 1 aromatic rings. The third-order valence-corrected chi connectivity index (χ3v) is 4.56. The van der Waals surface area contributed by atoms with Crippen LogP contribution < -0.4 is 5.32 Å². The Bertz CT molecular complexity index is 413. The van der Waals surface area contributed by atoms with Gasteiger partial charge in [-0.3, -0.25) is 0 Å². The molecule has 0 aliphatic heterocycles. The molecule has 0 unspecified atom stereocenters. The largest absolute Gasteiger partial charge is 0.311 e. The van der Waals surface area contributed by atoms with E-state index in [1.54, 1.807) is 0 Å². The summed E-state index contributed by atoms with van der Waals surface area (Å²) in [6, 6.07) is 10.8. The van der Waals surface area contributed by atoms with E-state index in [0.29, 0.717) is 5.41 Å². The van der Waals surface area contributed by atoms with E-state index in [2.05, 4.69) is 68.4 Å². The first-order valence-electron chi connectivity index (χ1n) is 8.36. The highest BCUT2D eigenvalue weighted by atomic mass is 15.1. The molecule has 2 rings (SSSR count). The van der Waals surface area contributed by atoms with Crippen LogP contribution in [0.3, 0.4) is 0 Å². The SMILES string of the molecule is CN(Cc1ccccc1)CC1(CNC(C)(C)C)CCCC1. The van der Waals surface area contributed by atoms with Crippen LogP contribution in [0.2, 0.25) is 0 Å². The van der Waals surface area contributed by atoms with Crippen LogP contribution in [0.4, 0.5) is 0 Å². The molecule has 0 atom stereocenters. The fourth-order valence-electron chi connectivity index (χ4n) is 3.49. The zero-order valence-corrected chi connectivity index (χ0v) is 14.3. The first-order valence-corrected chi connectivity index (χ1v) is 8.36. The average Bonchev–Trinajstić information content (AvgIpc) is 2.86. The second-order valence-electron chi connectivity index (χ2n) is 7.97. The third kappa shape index (κ3) is 5.44. The smallest absolute Gasteiger partial charge is 0.0230 e. The maximum Gasteiger partial charge on any atom is 0.0230 e. The molecule has 0 aromatic heterocycles. The van der Waals surface area contributed by atoms with Crippen LogP contribution >= 0.6 is 0 Å². The van der Waals surface area contributed by atoms with Crippen molar-refractivity contribution in [3.63, 3.8) is 0 Å². The van der Waals surface area contributed by atoms with Gasteiger partial charge in [0, 0.05) is 25.2 Å². The molecule has 0 heterocycles. The maximum absolute atomic E-state index is 3.75. The molecule has 118 valence electrons. The third-order valence-electron chi connectivity index (χ3n) is 4.56. The van der Waals surface area contributed by atoms with Crippen molar-refractivity contribution in [2.75, 3.05) is 20.1 Å². The molecule has 2 heteroatoms. The van der Waals surface area contributed by atoms with E-state index in [1.807, 2.05) is 0 Å². The quantitative estimate of drug-likeness (QED) is 0.849. The summed E-state index contributed by atoms with van der Waals surface area (Å²) in [5.41, 5.74) is 2.10. The lowest BCUT2D eigenvalue weighted by Gasteiger charge is -2.36. The summed E-state index contributed by atoms with van der Waals surface area (Å²) >= 11 is 0. The molecule has 1 aliphatic carbocycles. The Hall–Kier alpha value is -0.860. The highest BCUT2D eigenvalue weighted by molar-refractivity contribution is 5.14. The summed E-state index contributed by atoms with van der Waals surface area (Å²) in [5.74, 6) is 0. The van der Waals surface area contributed by atoms with Gasteiger partial charge in [-0.25, -0.2) is 0 Å². The molecule has 1 aromatic carbocycles. The monoisotopic (exact) mass is 288 g/mol. The van der Waals surface area contributed by atoms with Crippen LogP contribution in [0, 0.1) is 5.41 Å². The standard InChI is InChI=1S/C19H32N2/c1-18(2,3)20-15-19(12-8-9-13-19)16-21(4)14-17-10-6-5-7-11-17/h5-7,10-11,20H,8-9,12-16H2,1-4H3. The van der Waals surface area contributed by atoms with E-state index in [-0.39, 0.29) is 5.54 Å². The van der Waals surface area contributed by atoms with Crippen molar-refractivity contribution in [3.8, 4) is 0 Å². The van der Waals surface area contributed by atoms with Crippen LogP contribution in [0.15, 0.2) is 30.3 Å². The Kier molecular flexibility index (Phi) is 5.45. The number of nitrogens with zero attached hydrogens (tertiary/aromatic N) is 1. The molecule has 0 amide bonds. The van der Waals surface area contributed by atoms with Crippen molar-refractivity contribution in [2.45, 2.75) is 58.5 Å². The van der Waals surface area contributed by atoms with Gasteiger partial charge in [0.05, 0.1) is 0 Å². The lowest BCUT2D eigenvalue weighted by Crippen LogP contribution is -2.47. The van der Waals surface area contributed by atoms with Crippen LogP contribution in [0.1, 0.15) is 52.0 Å². The zero-order chi connectivity index (χ0) is 15.3. The second kappa shape index (κ2) is 6.93. The van der Waals surface area contributed by atoms with Gasteiger partial charge in [-0.2, -0.15) is 0 Å². The van der Waals surface area contributed by atoms with Crippen molar-refractivity contribution < 1.29 is 0 Å². The topological polar surface area (TPSA) is 15.3 Å². The molecule has 0 spiro atoms. The number of hydrogen-bond donors (Lipinski definition) is 1. The Labute approximate surface area is 130 Å². The lowest BCUT2D eigenvalue weighted by molar-refractivity contribution is 0.156. The average molecular weight is 288 g/mol. The minimum Gasteiger partial charge on any atom is -0.311 e. The molecule has 0 bridgehead atoms. The summed E-state index contributed by atoms with van der Waals surface area (Å²) < 4.78 is 0. The summed E-state index contributed by atoms with van der Waals surface area (Å²) in [7, 11) is 2.27. The van der Waals surface area contributed by atoms with E-state index >= 15 is 0 Å². The highest BCUT2D eigenvalue weighted by Crippen LogP contribution is 2.38. The van der Waals surface area contributed by atoms with Crippen LogP contribution in [0.5, 0.6) is 0 Å². The second-order valence-corrected chi connectivity index (χ2v) is 7.97. The minimum atomic E-state index is 0.216. The van der Waals surface area contributed by atoms with Gasteiger partial charge in [0.1, 0.15) is 0 Å². The Morgan fingerprint density at radius 2 is 1.71 bits per heavy atom. The Morgan fingerprint density at radius 1 is 1.10 bits per heavy atom. The molecular weight excluding hydrogens is 256 g/mol. The molecule has 1 N–H and O–H groups in total. The van der Waals surface area contributed by atoms with E-state index in [1.165, 1.54) is 37.8 Å². The first-order chi connectivity index (χ1) is 9.89. The van der Waals surface area contributed by atoms with Crippen molar-refractivity contribution >= 4 is 0 Å². The Morgan fingerprint density at radius 3 is 2.29 bits per heavy atom. The minimum absolute atomic E-state index is 0.216. The number of hydrogen-bond acceptors (Lipinski definition) is 2. The van der Waals surface area contributed by atoms with Crippen LogP contribution in [-0.2, 0) is 6.54 Å². The molecule has 2 nitrogen and oxygen atoms in total. The van der Waals surface area contributed by atoms with Gasteiger partial charge in [-0.15, -0.1) is 0 Å².